The number of H-pyrrole nitrogens is 1. The number of ether oxygens (including phenoxy) is 2. The van der Waals surface area contributed by atoms with Crippen LogP contribution in [0.5, 0.6) is 17.4 Å². The molecule has 178 valence electrons. The number of piperidine rings is 1. The van der Waals surface area contributed by atoms with Crippen molar-refractivity contribution in [3.05, 3.63) is 74.8 Å². The van der Waals surface area contributed by atoms with Crippen molar-refractivity contribution in [2.24, 2.45) is 4.99 Å². The number of methoxy groups -OCH3 is 2. The summed E-state index contributed by atoms with van der Waals surface area (Å²) in [5.41, 5.74) is 1.35. The number of rotatable bonds is 7. The summed E-state index contributed by atoms with van der Waals surface area (Å²) >= 11 is 5.34. The van der Waals surface area contributed by atoms with Crippen LogP contribution in [0, 0.1) is 4.77 Å². The quantitative estimate of drug-likeness (QED) is 0.356. The molecule has 3 aromatic rings. The SMILES string of the molecule is COc1ccc(OC)c(-n2c(O)c(C=NC3CC[NH+](Cc4ccccc4)CC3)c(=O)[nH]c2=S)c1. The Bertz CT molecular complexity index is 1280. The van der Waals surface area contributed by atoms with Gasteiger partial charge in [-0.05, 0) is 24.4 Å². The lowest BCUT2D eigenvalue weighted by Gasteiger charge is -2.27. The van der Waals surface area contributed by atoms with E-state index in [1.54, 1.807) is 25.3 Å². The van der Waals surface area contributed by atoms with Gasteiger partial charge in [-0.3, -0.25) is 19.3 Å². The zero-order valence-corrected chi connectivity index (χ0v) is 20.1. The van der Waals surface area contributed by atoms with Gasteiger partial charge in [-0.25, -0.2) is 0 Å². The van der Waals surface area contributed by atoms with Gasteiger partial charge in [-0.1, -0.05) is 30.3 Å². The Balaban J connectivity index is 1.55. The Morgan fingerprint density at radius 3 is 2.59 bits per heavy atom. The van der Waals surface area contributed by atoms with Crippen molar-refractivity contribution < 1.29 is 19.5 Å². The van der Waals surface area contributed by atoms with Crippen LogP contribution in [0.1, 0.15) is 24.0 Å². The van der Waals surface area contributed by atoms with Gasteiger partial charge in [0.15, 0.2) is 4.77 Å². The van der Waals surface area contributed by atoms with Crippen molar-refractivity contribution in [2.75, 3.05) is 27.3 Å². The second-order valence-corrected chi connectivity index (χ2v) is 8.68. The van der Waals surface area contributed by atoms with Crippen LogP contribution in [0.25, 0.3) is 5.69 Å². The van der Waals surface area contributed by atoms with Crippen LogP contribution in [0.15, 0.2) is 58.3 Å². The van der Waals surface area contributed by atoms with E-state index in [0.717, 1.165) is 32.5 Å². The Morgan fingerprint density at radius 2 is 1.91 bits per heavy atom. The minimum atomic E-state index is -0.489. The number of nitrogens with one attached hydrogen (secondary N) is 2. The molecule has 1 saturated heterocycles. The van der Waals surface area contributed by atoms with Crippen molar-refractivity contribution in [1.82, 2.24) is 9.55 Å². The summed E-state index contributed by atoms with van der Waals surface area (Å²) in [6.45, 7) is 3.01. The highest BCUT2D eigenvalue weighted by atomic mass is 32.1. The Labute approximate surface area is 203 Å². The van der Waals surface area contributed by atoms with Gasteiger partial charge in [0.05, 0.1) is 39.0 Å². The fraction of sp³-hybridized carbons (Fsp3) is 0.320. The molecule has 0 bridgehead atoms. The van der Waals surface area contributed by atoms with Gasteiger partial charge in [-0.15, -0.1) is 0 Å². The maximum Gasteiger partial charge on any atom is 0.264 e. The average molecular weight is 482 g/mol. The van der Waals surface area contributed by atoms with E-state index in [4.69, 9.17) is 21.7 Å². The molecule has 0 amide bonds. The van der Waals surface area contributed by atoms with E-state index in [2.05, 4.69) is 34.2 Å². The molecule has 0 saturated carbocycles. The molecule has 2 heterocycles. The molecule has 1 aromatic heterocycles. The van der Waals surface area contributed by atoms with E-state index in [9.17, 15) is 9.90 Å². The molecule has 0 atom stereocenters. The monoisotopic (exact) mass is 481 g/mol. The van der Waals surface area contributed by atoms with E-state index >= 15 is 0 Å². The number of aromatic nitrogens is 2. The van der Waals surface area contributed by atoms with E-state index in [0.29, 0.717) is 17.2 Å². The molecule has 1 aliphatic rings. The van der Waals surface area contributed by atoms with Gasteiger partial charge >= 0.3 is 0 Å². The highest BCUT2D eigenvalue weighted by Gasteiger charge is 2.22. The van der Waals surface area contributed by atoms with Crippen molar-refractivity contribution in [3.63, 3.8) is 0 Å². The first-order chi connectivity index (χ1) is 16.5. The van der Waals surface area contributed by atoms with E-state index in [1.807, 2.05) is 6.07 Å². The van der Waals surface area contributed by atoms with E-state index in [1.165, 1.54) is 28.4 Å². The molecule has 34 heavy (non-hydrogen) atoms. The van der Waals surface area contributed by atoms with Gasteiger partial charge in [0.1, 0.15) is 23.6 Å². The summed E-state index contributed by atoms with van der Waals surface area (Å²) in [6, 6.07) is 15.7. The molecule has 0 spiro atoms. The fourth-order valence-electron chi connectivity index (χ4n) is 4.25. The zero-order chi connectivity index (χ0) is 24.1. The molecule has 4 rings (SSSR count). The smallest absolute Gasteiger partial charge is 0.264 e. The van der Waals surface area contributed by atoms with E-state index in [-0.39, 0.29) is 22.3 Å². The normalized spacial score (nSPS) is 18.2. The summed E-state index contributed by atoms with van der Waals surface area (Å²) in [5.74, 6) is 0.732. The van der Waals surface area contributed by atoms with Crippen LogP contribution in [-0.2, 0) is 6.54 Å². The molecule has 0 unspecified atom stereocenters. The number of quaternary nitrogens is 1. The highest BCUT2D eigenvalue weighted by molar-refractivity contribution is 7.71. The number of nitrogens with zero attached hydrogens (tertiary/aromatic N) is 2. The number of aliphatic imine (C=N–C) groups is 1. The summed E-state index contributed by atoms with van der Waals surface area (Å²) in [4.78, 5) is 21.4. The Kier molecular flexibility index (Phi) is 7.44. The molecule has 3 N–H and O–H groups in total. The number of aromatic hydroxyl groups is 1. The molecule has 1 aliphatic heterocycles. The number of aromatic amines is 1. The lowest BCUT2D eigenvalue weighted by Crippen LogP contribution is -3.12. The highest BCUT2D eigenvalue weighted by Crippen LogP contribution is 2.30. The molecule has 2 aromatic carbocycles. The molecule has 8 nitrogen and oxygen atoms in total. The number of hydrogen-bond donors (Lipinski definition) is 3. The van der Waals surface area contributed by atoms with Crippen LogP contribution in [-0.4, -0.2) is 54.2 Å². The lowest BCUT2D eigenvalue weighted by molar-refractivity contribution is -0.918. The summed E-state index contributed by atoms with van der Waals surface area (Å²) in [7, 11) is 3.06. The third-order valence-corrected chi connectivity index (χ3v) is 6.41. The third-order valence-electron chi connectivity index (χ3n) is 6.12. The van der Waals surface area contributed by atoms with Crippen LogP contribution in [0.4, 0.5) is 0 Å². The third kappa shape index (κ3) is 5.21. The Morgan fingerprint density at radius 1 is 1.18 bits per heavy atom. The van der Waals surface area contributed by atoms with Gasteiger partial charge in [0, 0.05) is 30.7 Å². The predicted octanol–water partition coefficient (Wildman–Crippen LogP) is 2.28. The summed E-state index contributed by atoms with van der Waals surface area (Å²) < 4.78 is 12.1. The molecule has 0 aliphatic carbocycles. The second kappa shape index (κ2) is 10.7. The topological polar surface area (TPSA) is 93.3 Å². The van der Waals surface area contributed by atoms with Gasteiger partial charge in [0.2, 0.25) is 5.88 Å². The first kappa shape index (κ1) is 23.7. The summed E-state index contributed by atoms with van der Waals surface area (Å²) in [5, 5.41) is 11.0. The van der Waals surface area contributed by atoms with Gasteiger partial charge in [-0.2, -0.15) is 0 Å². The van der Waals surface area contributed by atoms with E-state index < -0.39 is 5.56 Å². The predicted molar refractivity (Wildman–Crippen MR) is 133 cm³/mol. The minimum Gasteiger partial charge on any atom is -0.497 e. The van der Waals surface area contributed by atoms with Crippen LogP contribution >= 0.6 is 12.2 Å². The first-order valence-corrected chi connectivity index (χ1v) is 11.6. The molecular weight excluding hydrogens is 452 g/mol. The van der Waals surface area contributed by atoms with Crippen LogP contribution < -0.4 is 19.9 Å². The van der Waals surface area contributed by atoms with Gasteiger partial charge in [0.25, 0.3) is 5.56 Å². The summed E-state index contributed by atoms with van der Waals surface area (Å²) in [6.07, 6.45) is 3.29. The Hall–Kier alpha value is -3.43. The van der Waals surface area contributed by atoms with Crippen molar-refractivity contribution in [1.29, 1.82) is 0 Å². The average Bonchev–Trinajstić information content (AvgIpc) is 2.85. The van der Waals surface area contributed by atoms with Crippen LogP contribution in [0.3, 0.4) is 0 Å². The minimum absolute atomic E-state index is 0.0454. The maximum atomic E-state index is 12.6. The largest absolute Gasteiger partial charge is 0.497 e. The fourth-order valence-corrected chi connectivity index (χ4v) is 4.53. The van der Waals surface area contributed by atoms with Crippen molar-refractivity contribution in [2.45, 2.75) is 25.4 Å². The van der Waals surface area contributed by atoms with Crippen LogP contribution in [0.2, 0.25) is 0 Å². The number of likely N-dealkylation sites (tertiary alicyclic amines) is 1. The van der Waals surface area contributed by atoms with Gasteiger partial charge < -0.3 is 19.5 Å². The lowest BCUT2D eigenvalue weighted by atomic mass is 10.0. The molecule has 1 fully saturated rings. The van der Waals surface area contributed by atoms with Crippen molar-refractivity contribution >= 4 is 18.4 Å². The molecular formula is C25H29N4O4S+. The molecule has 9 heteroatoms. The number of benzene rings is 2. The standard InChI is InChI=1S/C25H28N4O4S/c1-32-19-8-9-22(33-2)21(14-19)29-24(31)20(23(30)27-25(29)34)15-26-18-10-12-28(13-11-18)16-17-6-4-3-5-7-17/h3-9,14-15,18,31H,10-13,16H2,1-2H3,(H,27,30,34)/p+1. The van der Waals surface area contributed by atoms with Crippen molar-refractivity contribution in [3.8, 4) is 23.1 Å². The second-order valence-electron chi connectivity index (χ2n) is 8.29. The first-order valence-electron chi connectivity index (χ1n) is 11.2. The zero-order valence-electron chi connectivity index (χ0n) is 19.3. The number of hydrogen-bond acceptors (Lipinski definition) is 6. The molecule has 0 radical (unpaired) electrons. The maximum absolute atomic E-state index is 12.6.